The highest BCUT2D eigenvalue weighted by Gasteiger charge is 2.14. The summed E-state index contributed by atoms with van der Waals surface area (Å²) in [6.07, 6.45) is 16.7. The molecule has 0 aromatic carbocycles. The molecule has 12 nitrogen and oxygen atoms in total. The molecule has 15 heteroatoms. The van der Waals surface area contributed by atoms with Crippen molar-refractivity contribution in [2.24, 2.45) is 0 Å². The second-order valence-electron chi connectivity index (χ2n) is 9.39. The number of hydrogen-bond donors (Lipinski definition) is 6. The summed E-state index contributed by atoms with van der Waals surface area (Å²) >= 11 is 0. The van der Waals surface area contributed by atoms with Crippen LogP contribution in [0.1, 0.15) is 79.9 Å². The van der Waals surface area contributed by atoms with Crippen molar-refractivity contribution in [2.45, 2.75) is 78.6 Å². The maximum absolute atomic E-state index is 10.4. The average Bonchev–Trinajstić information content (AvgIpc) is 2.93. The normalized spacial score (nSPS) is 10.2. The van der Waals surface area contributed by atoms with Crippen molar-refractivity contribution in [1.29, 1.82) is 0 Å². The lowest BCUT2D eigenvalue weighted by Gasteiger charge is -2.14. The second kappa shape index (κ2) is 35.2. The molecule has 6 N–H and O–H groups in total. The van der Waals surface area contributed by atoms with Gasteiger partial charge in [-0.1, -0.05) is 40.0 Å². The molecule has 0 unspecified atom stereocenters. The molecule has 44 heavy (non-hydrogen) atoms. The van der Waals surface area contributed by atoms with Crippen LogP contribution in [-0.4, -0.2) is 122 Å². The number of carboxylic acid groups (broad SMARTS) is 6. The van der Waals surface area contributed by atoms with Crippen LogP contribution >= 0.6 is 23.8 Å². The van der Waals surface area contributed by atoms with E-state index in [1.807, 2.05) is 6.92 Å². The molecule has 0 spiro atoms. The van der Waals surface area contributed by atoms with Crippen molar-refractivity contribution < 1.29 is 60.8 Å². The smallest absolute Gasteiger partial charge is 0.303 e. The van der Waals surface area contributed by atoms with E-state index in [1.54, 1.807) is 0 Å². The highest BCUT2D eigenvalue weighted by molar-refractivity contribution is 7.58. The van der Waals surface area contributed by atoms with E-state index in [0.29, 0.717) is 37.2 Å². The fourth-order valence-corrected chi connectivity index (χ4v) is 10.4. The van der Waals surface area contributed by atoms with Crippen LogP contribution in [0.5, 0.6) is 0 Å². The van der Waals surface area contributed by atoms with Crippen LogP contribution in [0, 0.1) is 12.8 Å². The van der Waals surface area contributed by atoms with Crippen LogP contribution in [-0.2, 0) is 28.8 Å². The first-order valence-electron chi connectivity index (χ1n) is 14.9. The van der Waals surface area contributed by atoms with Crippen molar-refractivity contribution in [1.82, 2.24) is 0 Å². The van der Waals surface area contributed by atoms with Crippen LogP contribution in [0.25, 0.3) is 0 Å². The standard InChI is InChI=1S/C9H15O6P.C9H17O4P.C9H19O2P.C2H2/c10-7(11)1-4-16(5-2-8(12)13)6-3-9(14)15;1-2-5-14(6-3-8(10)11)7-4-9(12)13;1-3-6-12(7-4-2)8-5-9(10)11;1-2/h1-6H2,(H,10,11)(H,12,13)(H,14,15);2-7H2,1H3,(H,10,11)(H,12,13);3-8H2,1-2H3,(H,10,11);1-2H/i;;;1D. The summed E-state index contributed by atoms with van der Waals surface area (Å²) in [6.45, 7) is 6.38. The molecule has 0 radical (unpaired) electrons. The summed E-state index contributed by atoms with van der Waals surface area (Å²) in [5.41, 5.74) is 0. The molecule has 256 valence electrons. The van der Waals surface area contributed by atoms with Gasteiger partial charge in [0.2, 0.25) is 0 Å². The molecule has 0 aliphatic rings. The zero-order valence-electron chi connectivity index (χ0n) is 27.3. The first-order chi connectivity index (χ1) is 21.1. The molecule has 0 aliphatic heterocycles. The van der Waals surface area contributed by atoms with Gasteiger partial charge in [-0.15, -0.1) is 36.6 Å². The van der Waals surface area contributed by atoms with Gasteiger partial charge in [-0.25, -0.2) is 0 Å². The highest BCUT2D eigenvalue weighted by atomic mass is 31.1. The maximum Gasteiger partial charge on any atom is 0.303 e. The van der Waals surface area contributed by atoms with E-state index in [9.17, 15) is 28.8 Å². The summed E-state index contributed by atoms with van der Waals surface area (Å²) in [5, 5.41) is 51.0. The average molecular weight is 688 g/mol. The Kier molecular flexibility index (Phi) is 36.8. The van der Waals surface area contributed by atoms with E-state index in [1.165, 1.54) is 31.6 Å². The lowest BCUT2D eigenvalue weighted by molar-refractivity contribution is -0.137. The van der Waals surface area contributed by atoms with Crippen molar-refractivity contribution >= 4 is 59.6 Å². The molecular weight excluding hydrogens is 633 g/mol. The van der Waals surface area contributed by atoms with Crippen LogP contribution in [0.2, 0.25) is 0 Å². The van der Waals surface area contributed by atoms with Crippen LogP contribution in [0.15, 0.2) is 0 Å². The van der Waals surface area contributed by atoms with Gasteiger partial charge in [0, 0.05) is 38.5 Å². The molecule has 0 bridgehead atoms. The molecule has 0 saturated carbocycles. The third-order valence-electron chi connectivity index (χ3n) is 5.47. The monoisotopic (exact) mass is 687 g/mol. The van der Waals surface area contributed by atoms with Crippen LogP contribution in [0.3, 0.4) is 0 Å². The third-order valence-corrected chi connectivity index (χ3v) is 13.8. The number of terminal acetylenes is 1. The minimum absolute atomic E-state index is 0.0229. The largest absolute Gasteiger partial charge is 0.481 e. The fraction of sp³-hybridized carbons (Fsp3) is 0.724. The zero-order valence-corrected chi connectivity index (χ0v) is 29.0. The Morgan fingerprint density at radius 3 is 0.705 bits per heavy atom. The SMILES string of the molecule is CCCP(CCC(=O)O)CCC(=O)O.CCCP(CCC)CCC(=O)O.O=C(O)CCP(CCC(=O)O)CCC(=O)O.[2H]C#C. The first-order valence-corrected chi connectivity index (χ1v) is 20.1. The van der Waals surface area contributed by atoms with Gasteiger partial charge in [0.25, 0.3) is 0 Å². The quantitative estimate of drug-likeness (QED) is 0.0528. The highest BCUT2D eigenvalue weighted by Crippen LogP contribution is 2.38. The minimum Gasteiger partial charge on any atom is -0.481 e. The van der Waals surface area contributed by atoms with Crippen molar-refractivity contribution in [3.63, 3.8) is 0 Å². The van der Waals surface area contributed by atoms with E-state index < -0.39 is 43.7 Å². The predicted molar refractivity (Wildman–Crippen MR) is 179 cm³/mol. The Morgan fingerprint density at radius 2 is 0.568 bits per heavy atom. The maximum atomic E-state index is 10.4. The van der Waals surface area contributed by atoms with E-state index >= 15 is 0 Å². The Labute approximate surface area is 267 Å². The van der Waals surface area contributed by atoms with Gasteiger partial charge in [0.05, 0.1) is 0 Å². The van der Waals surface area contributed by atoms with Crippen molar-refractivity contribution in [2.75, 3.05) is 55.5 Å². The lowest BCUT2D eigenvalue weighted by atomic mass is 10.5. The fourth-order valence-electron chi connectivity index (χ4n) is 3.48. The van der Waals surface area contributed by atoms with Gasteiger partial charge in [0.1, 0.15) is 1.37 Å². The Balaban J connectivity index is -0.000000270. The summed E-state index contributed by atoms with van der Waals surface area (Å²) in [5.74, 6) is -5.02. The predicted octanol–water partition coefficient (Wildman–Crippen LogP) is 5.73. The van der Waals surface area contributed by atoms with Crippen molar-refractivity contribution in [3.05, 3.63) is 0 Å². The molecular formula is C29H53O12P3. The molecule has 0 saturated heterocycles. The summed E-state index contributed by atoms with van der Waals surface area (Å²) < 4.78 is 5.74. The molecule has 0 heterocycles. The summed E-state index contributed by atoms with van der Waals surface area (Å²) in [6, 6.07) is 0. The number of carboxylic acids is 6. The van der Waals surface area contributed by atoms with Crippen LogP contribution in [0.4, 0.5) is 0 Å². The molecule has 0 fully saturated rings. The van der Waals surface area contributed by atoms with Gasteiger partial charge in [-0.05, 0) is 55.5 Å². The molecule has 0 rings (SSSR count). The molecule has 0 aromatic heterocycles. The van der Waals surface area contributed by atoms with E-state index in [4.69, 9.17) is 32.0 Å². The van der Waals surface area contributed by atoms with Crippen LogP contribution < -0.4 is 0 Å². The van der Waals surface area contributed by atoms with E-state index in [-0.39, 0.29) is 47.9 Å². The number of rotatable bonds is 24. The van der Waals surface area contributed by atoms with E-state index in [0.717, 1.165) is 18.7 Å². The minimum atomic E-state index is -0.932. The Hall–Kier alpha value is -2.33. The zero-order chi connectivity index (χ0) is 35.6. The van der Waals surface area contributed by atoms with Crippen molar-refractivity contribution in [3.8, 4) is 12.8 Å². The van der Waals surface area contributed by atoms with Gasteiger partial charge in [-0.2, -0.15) is 0 Å². The lowest BCUT2D eigenvalue weighted by Crippen LogP contribution is -2.07. The molecule has 0 aliphatic carbocycles. The number of carbonyl (C=O) groups is 6. The first kappa shape index (κ1) is 46.1. The van der Waals surface area contributed by atoms with Gasteiger partial charge in [0.15, 0.2) is 0 Å². The van der Waals surface area contributed by atoms with Gasteiger partial charge >= 0.3 is 35.8 Å². The Bertz CT molecular complexity index is 801. The second-order valence-corrected chi connectivity index (χ2v) is 17.4. The van der Waals surface area contributed by atoms with Gasteiger partial charge < -0.3 is 30.6 Å². The van der Waals surface area contributed by atoms with Gasteiger partial charge in [-0.3, -0.25) is 28.8 Å². The molecule has 0 atom stereocenters. The summed E-state index contributed by atoms with van der Waals surface area (Å²) in [7, 11) is -1.16. The summed E-state index contributed by atoms with van der Waals surface area (Å²) in [4.78, 5) is 62.1. The topological polar surface area (TPSA) is 224 Å². The molecule has 0 amide bonds. The molecule has 0 aromatic rings. The van der Waals surface area contributed by atoms with E-state index in [2.05, 4.69) is 20.3 Å². The number of hydrogen-bond acceptors (Lipinski definition) is 6. The Morgan fingerprint density at radius 1 is 0.432 bits per heavy atom. The number of aliphatic carboxylic acids is 6. The third kappa shape index (κ3) is 44.1.